The van der Waals surface area contributed by atoms with Gasteiger partial charge in [-0.3, -0.25) is 9.48 Å². The summed E-state index contributed by atoms with van der Waals surface area (Å²) in [6, 6.07) is -0.202. The first kappa shape index (κ1) is 14.8. The van der Waals surface area contributed by atoms with Crippen LogP contribution in [0.5, 0.6) is 0 Å². The fraction of sp³-hybridized carbons (Fsp3) is 0.545. The number of nitrogens with two attached hydrogens (primary N) is 1. The van der Waals surface area contributed by atoms with E-state index in [0.29, 0.717) is 31.0 Å². The topological polar surface area (TPSA) is 105 Å². The summed E-state index contributed by atoms with van der Waals surface area (Å²) in [4.78, 5) is 24.6. The van der Waals surface area contributed by atoms with E-state index in [1.54, 1.807) is 14.1 Å². The standard InChI is InChI=1S/C11H20N6O2/c1-4-17-9(8(12)7-15-17)10(18)13-5-6-14-11(19)16(2)3/h7H,4-6,12H2,1-3H3,(H,13,18)(H,14,19). The Balaban J connectivity index is 2.43. The maximum Gasteiger partial charge on any atom is 0.316 e. The molecule has 106 valence electrons. The second kappa shape index (κ2) is 6.62. The average Bonchev–Trinajstić information content (AvgIpc) is 2.75. The van der Waals surface area contributed by atoms with Crippen LogP contribution in [0.1, 0.15) is 17.4 Å². The van der Waals surface area contributed by atoms with E-state index in [2.05, 4.69) is 15.7 Å². The molecule has 0 aliphatic carbocycles. The minimum absolute atomic E-state index is 0.202. The molecule has 0 bridgehead atoms. The third-order valence-corrected chi connectivity index (χ3v) is 2.48. The highest BCUT2D eigenvalue weighted by Crippen LogP contribution is 2.09. The predicted molar refractivity (Wildman–Crippen MR) is 71.7 cm³/mol. The van der Waals surface area contributed by atoms with Crippen molar-refractivity contribution in [2.45, 2.75) is 13.5 Å². The lowest BCUT2D eigenvalue weighted by Gasteiger charge is -2.12. The largest absolute Gasteiger partial charge is 0.396 e. The average molecular weight is 268 g/mol. The van der Waals surface area contributed by atoms with E-state index in [-0.39, 0.29) is 11.9 Å². The number of nitrogen functional groups attached to an aromatic ring is 1. The molecule has 1 aromatic heterocycles. The monoisotopic (exact) mass is 268 g/mol. The fourth-order valence-corrected chi connectivity index (χ4v) is 1.48. The minimum Gasteiger partial charge on any atom is -0.396 e. The van der Waals surface area contributed by atoms with Crippen molar-refractivity contribution in [1.29, 1.82) is 0 Å². The Hall–Kier alpha value is -2.25. The molecule has 0 atom stereocenters. The van der Waals surface area contributed by atoms with Gasteiger partial charge in [-0.25, -0.2) is 4.79 Å². The second-order valence-electron chi connectivity index (χ2n) is 4.15. The van der Waals surface area contributed by atoms with Crippen LogP contribution in [0, 0.1) is 0 Å². The van der Waals surface area contributed by atoms with Crippen molar-refractivity contribution in [3.05, 3.63) is 11.9 Å². The highest BCUT2D eigenvalue weighted by Gasteiger charge is 2.15. The van der Waals surface area contributed by atoms with Crippen molar-refractivity contribution >= 4 is 17.6 Å². The molecular weight excluding hydrogens is 248 g/mol. The van der Waals surface area contributed by atoms with Crippen LogP contribution >= 0.6 is 0 Å². The van der Waals surface area contributed by atoms with Crippen LogP contribution in [0.15, 0.2) is 6.20 Å². The molecule has 8 heteroatoms. The summed E-state index contributed by atoms with van der Waals surface area (Å²) in [5.41, 5.74) is 6.38. The molecule has 0 spiro atoms. The Morgan fingerprint density at radius 1 is 1.37 bits per heavy atom. The number of carbonyl (C=O) groups is 2. The van der Waals surface area contributed by atoms with E-state index in [0.717, 1.165) is 0 Å². The van der Waals surface area contributed by atoms with Crippen LogP contribution in [-0.2, 0) is 6.54 Å². The van der Waals surface area contributed by atoms with Crippen LogP contribution in [0.25, 0.3) is 0 Å². The SMILES string of the molecule is CCn1ncc(N)c1C(=O)NCCNC(=O)N(C)C. The van der Waals surface area contributed by atoms with E-state index < -0.39 is 0 Å². The first-order valence-corrected chi connectivity index (χ1v) is 6.02. The molecule has 3 amide bonds. The number of aryl methyl sites for hydroxylation is 1. The van der Waals surface area contributed by atoms with Gasteiger partial charge in [0, 0.05) is 33.7 Å². The van der Waals surface area contributed by atoms with Crippen molar-refractivity contribution in [2.24, 2.45) is 0 Å². The number of hydrogen-bond donors (Lipinski definition) is 3. The van der Waals surface area contributed by atoms with Gasteiger partial charge in [-0.15, -0.1) is 0 Å². The number of hydrogen-bond acceptors (Lipinski definition) is 4. The lowest BCUT2D eigenvalue weighted by Crippen LogP contribution is -2.40. The number of rotatable bonds is 5. The zero-order valence-corrected chi connectivity index (χ0v) is 11.4. The van der Waals surface area contributed by atoms with Crippen LogP contribution < -0.4 is 16.4 Å². The lowest BCUT2D eigenvalue weighted by molar-refractivity contribution is 0.0944. The maximum absolute atomic E-state index is 11.9. The zero-order valence-electron chi connectivity index (χ0n) is 11.4. The van der Waals surface area contributed by atoms with Gasteiger partial charge in [0.15, 0.2) is 0 Å². The van der Waals surface area contributed by atoms with E-state index in [4.69, 9.17) is 5.73 Å². The van der Waals surface area contributed by atoms with Gasteiger partial charge in [-0.1, -0.05) is 0 Å². The summed E-state index contributed by atoms with van der Waals surface area (Å²) in [5.74, 6) is -0.295. The number of nitrogens with one attached hydrogen (secondary N) is 2. The Kier molecular flexibility index (Phi) is 5.16. The van der Waals surface area contributed by atoms with E-state index in [9.17, 15) is 9.59 Å². The maximum atomic E-state index is 11.9. The highest BCUT2D eigenvalue weighted by atomic mass is 16.2. The first-order chi connectivity index (χ1) is 8.97. The molecule has 0 radical (unpaired) electrons. The summed E-state index contributed by atoms with van der Waals surface area (Å²) >= 11 is 0. The van der Waals surface area contributed by atoms with Crippen molar-refractivity contribution in [3.8, 4) is 0 Å². The van der Waals surface area contributed by atoms with Crippen LogP contribution in [0.2, 0.25) is 0 Å². The zero-order chi connectivity index (χ0) is 14.4. The van der Waals surface area contributed by atoms with Gasteiger partial charge >= 0.3 is 6.03 Å². The molecule has 1 heterocycles. The number of nitrogens with zero attached hydrogens (tertiary/aromatic N) is 3. The Labute approximate surface area is 111 Å². The summed E-state index contributed by atoms with van der Waals surface area (Å²) in [7, 11) is 3.29. The number of aromatic nitrogens is 2. The number of amides is 3. The molecule has 0 saturated carbocycles. The Bertz CT molecular complexity index is 454. The Morgan fingerprint density at radius 2 is 2.00 bits per heavy atom. The summed E-state index contributed by atoms with van der Waals surface area (Å²) in [5, 5.41) is 9.32. The van der Waals surface area contributed by atoms with Crippen LogP contribution in [0.3, 0.4) is 0 Å². The van der Waals surface area contributed by atoms with Crippen molar-refractivity contribution < 1.29 is 9.59 Å². The molecular formula is C11H20N6O2. The second-order valence-corrected chi connectivity index (χ2v) is 4.15. The van der Waals surface area contributed by atoms with Crippen LogP contribution in [-0.4, -0.2) is 53.8 Å². The summed E-state index contributed by atoms with van der Waals surface area (Å²) in [6.45, 7) is 3.12. The molecule has 0 aliphatic rings. The summed E-state index contributed by atoms with van der Waals surface area (Å²) < 4.78 is 1.53. The minimum atomic E-state index is -0.295. The van der Waals surface area contributed by atoms with E-state index in [1.807, 2.05) is 6.92 Å². The molecule has 0 saturated heterocycles. The first-order valence-electron chi connectivity index (χ1n) is 6.02. The van der Waals surface area contributed by atoms with Gasteiger partial charge in [0.25, 0.3) is 5.91 Å². The number of urea groups is 1. The number of carbonyl (C=O) groups excluding carboxylic acids is 2. The van der Waals surface area contributed by atoms with Gasteiger partial charge < -0.3 is 21.3 Å². The summed E-state index contributed by atoms with van der Waals surface area (Å²) in [6.07, 6.45) is 1.45. The molecule has 1 rings (SSSR count). The molecule has 0 fully saturated rings. The smallest absolute Gasteiger partial charge is 0.316 e. The third kappa shape index (κ3) is 3.87. The molecule has 19 heavy (non-hydrogen) atoms. The molecule has 0 aromatic carbocycles. The van der Waals surface area contributed by atoms with E-state index in [1.165, 1.54) is 15.8 Å². The predicted octanol–water partition coefficient (Wildman–Crippen LogP) is -0.514. The van der Waals surface area contributed by atoms with Crippen molar-refractivity contribution in [1.82, 2.24) is 25.3 Å². The molecule has 4 N–H and O–H groups in total. The van der Waals surface area contributed by atoms with Gasteiger partial charge in [-0.05, 0) is 6.92 Å². The van der Waals surface area contributed by atoms with E-state index >= 15 is 0 Å². The van der Waals surface area contributed by atoms with Gasteiger partial charge in [-0.2, -0.15) is 5.10 Å². The van der Waals surface area contributed by atoms with Gasteiger partial charge in [0.2, 0.25) is 0 Å². The molecule has 0 unspecified atom stereocenters. The Morgan fingerprint density at radius 3 is 2.58 bits per heavy atom. The van der Waals surface area contributed by atoms with Crippen molar-refractivity contribution in [2.75, 3.05) is 32.9 Å². The normalized spacial score (nSPS) is 10.1. The van der Waals surface area contributed by atoms with Crippen LogP contribution in [0.4, 0.5) is 10.5 Å². The highest BCUT2D eigenvalue weighted by molar-refractivity contribution is 5.97. The number of anilines is 1. The fourth-order valence-electron chi connectivity index (χ4n) is 1.48. The third-order valence-electron chi connectivity index (χ3n) is 2.48. The molecule has 8 nitrogen and oxygen atoms in total. The quantitative estimate of drug-likeness (QED) is 0.625. The van der Waals surface area contributed by atoms with Gasteiger partial charge in [0.05, 0.1) is 11.9 Å². The molecule has 0 aliphatic heterocycles. The lowest BCUT2D eigenvalue weighted by atomic mass is 10.3. The van der Waals surface area contributed by atoms with Gasteiger partial charge in [0.1, 0.15) is 5.69 Å². The molecule has 1 aromatic rings. The van der Waals surface area contributed by atoms with Crippen molar-refractivity contribution in [3.63, 3.8) is 0 Å².